The van der Waals surface area contributed by atoms with Crippen LogP contribution < -0.4 is 5.32 Å². The molecule has 0 aliphatic rings. The molecule has 0 aromatic heterocycles. The fourth-order valence-corrected chi connectivity index (χ4v) is 1.60. The van der Waals surface area contributed by atoms with Crippen molar-refractivity contribution in [3.8, 4) is 0 Å². The third kappa shape index (κ3) is 8.21. The topological polar surface area (TPSA) is 29.1 Å². The minimum absolute atomic E-state index is 0.188. The maximum Gasteiger partial charge on any atom is 0.0246 e. The van der Waals surface area contributed by atoms with Crippen molar-refractivity contribution in [3.63, 3.8) is 0 Å². The van der Waals surface area contributed by atoms with Crippen LogP contribution in [-0.4, -0.2) is 27.8 Å². The minimum Gasteiger partial charge on any atom is -0.312 e. The lowest BCUT2D eigenvalue weighted by molar-refractivity contribution is 0.427. The Morgan fingerprint density at radius 2 is 1.92 bits per heavy atom. The van der Waals surface area contributed by atoms with Gasteiger partial charge in [-0.05, 0) is 33.7 Å². The SMILES string of the molecule is CCS(=O)CCCNC(C)(C)C. The molecule has 0 saturated heterocycles. The molecule has 0 aliphatic carbocycles. The molecule has 0 rings (SSSR count). The van der Waals surface area contributed by atoms with E-state index in [1.165, 1.54) is 0 Å². The highest BCUT2D eigenvalue weighted by Gasteiger charge is 2.07. The van der Waals surface area contributed by atoms with Crippen LogP contribution in [0.25, 0.3) is 0 Å². The molecule has 0 radical (unpaired) electrons. The summed E-state index contributed by atoms with van der Waals surface area (Å²) in [6.45, 7) is 9.36. The van der Waals surface area contributed by atoms with Gasteiger partial charge in [0.25, 0.3) is 0 Å². The number of hydrogen-bond donors (Lipinski definition) is 1. The summed E-state index contributed by atoms with van der Waals surface area (Å²) in [5.41, 5.74) is 0.188. The molecular weight excluding hydrogens is 170 g/mol. The molecule has 1 atom stereocenters. The summed E-state index contributed by atoms with van der Waals surface area (Å²) < 4.78 is 11.0. The lowest BCUT2D eigenvalue weighted by Gasteiger charge is -2.20. The molecule has 74 valence electrons. The van der Waals surface area contributed by atoms with Crippen LogP contribution in [0.1, 0.15) is 34.1 Å². The number of rotatable bonds is 5. The van der Waals surface area contributed by atoms with Gasteiger partial charge in [-0.3, -0.25) is 4.21 Å². The zero-order chi connectivity index (χ0) is 9.61. The van der Waals surface area contributed by atoms with Crippen molar-refractivity contribution in [3.05, 3.63) is 0 Å². The molecule has 12 heavy (non-hydrogen) atoms. The average molecular weight is 191 g/mol. The van der Waals surface area contributed by atoms with Crippen molar-refractivity contribution in [1.29, 1.82) is 0 Å². The zero-order valence-electron chi connectivity index (χ0n) is 8.64. The molecule has 1 N–H and O–H groups in total. The first-order valence-corrected chi connectivity index (χ1v) is 6.04. The highest BCUT2D eigenvalue weighted by molar-refractivity contribution is 7.84. The van der Waals surface area contributed by atoms with Gasteiger partial charge in [0.15, 0.2) is 0 Å². The molecular formula is C9H21NOS. The summed E-state index contributed by atoms with van der Waals surface area (Å²) in [6, 6.07) is 0. The van der Waals surface area contributed by atoms with Crippen LogP contribution >= 0.6 is 0 Å². The van der Waals surface area contributed by atoms with E-state index >= 15 is 0 Å². The largest absolute Gasteiger partial charge is 0.312 e. The van der Waals surface area contributed by atoms with Gasteiger partial charge in [0.1, 0.15) is 0 Å². The van der Waals surface area contributed by atoms with Gasteiger partial charge >= 0.3 is 0 Å². The van der Waals surface area contributed by atoms with Gasteiger partial charge in [0, 0.05) is 27.8 Å². The van der Waals surface area contributed by atoms with Gasteiger partial charge in [-0.1, -0.05) is 6.92 Å². The van der Waals surface area contributed by atoms with Crippen LogP contribution in [-0.2, 0) is 10.8 Å². The molecule has 0 spiro atoms. The first kappa shape index (κ1) is 12.1. The van der Waals surface area contributed by atoms with Crippen molar-refractivity contribution in [2.24, 2.45) is 0 Å². The number of nitrogens with one attached hydrogen (secondary N) is 1. The van der Waals surface area contributed by atoms with E-state index in [2.05, 4.69) is 26.1 Å². The third-order valence-electron chi connectivity index (χ3n) is 1.53. The second-order valence-electron chi connectivity index (χ2n) is 3.96. The van der Waals surface area contributed by atoms with Crippen molar-refractivity contribution >= 4 is 10.8 Å². The fraction of sp³-hybridized carbons (Fsp3) is 1.00. The maximum atomic E-state index is 11.0. The highest BCUT2D eigenvalue weighted by Crippen LogP contribution is 1.98. The van der Waals surface area contributed by atoms with E-state index < -0.39 is 10.8 Å². The Bertz CT molecular complexity index is 140. The highest BCUT2D eigenvalue weighted by atomic mass is 32.2. The Kier molecular flexibility index (Phi) is 5.76. The van der Waals surface area contributed by atoms with Gasteiger partial charge in [-0.15, -0.1) is 0 Å². The monoisotopic (exact) mass is 191 g/mol. The van der Waals surface area contributed by atoms with Gasteiger partial charge in [-0.2, -0.15) is 0 Å². The molecule has 1 unspecified atom stereocenters. The van der Waals surface area contributed by atoms with E-state index in [0.29, 0.717) is 0 Å². The summed E-state index contributed by atoms with van der Waals surface area (Å²) in [7, 11) is -0.595. The zero-order valence-corrected chi connectivity index (χ0v) is 9.46. The molecule has 0 saturated carbocycles. The molecule has 0 aliphatic heterocycles. The predicted octanol–water partition coefficient (Wildman–Crippen LogP) is 1.53. The van der Waals surface area contributed by atoms with Gasteiger partial charge in [0.2, 0.25) is 0 Å². The molecule has 0 amide bonds. The van der Waals surface area contributed by atoms with Gasteiger partial charge < -0.3 is 5.32 Å². The molecule has 2 nitrogen and oxygen atoms in total. The van der Waals surface area contributed by atoms with Gasteiger partial charge in [-0.25, -0.2) is 0 Å². The molecule has 0 aromatic rings. The van der Waals surface area contributed by atoms with Crippen LogP contribution in [0.15, 0.2) is 0 Å². The van der Waals surface area contributed by atoms with Crippen molar-refractivity contribution in [1.82, 2.24) is 5.32 Å². The minimum atomic E-state index is -0.595. The Hall–Kier alpha value is 0.110. The predicted molar refractivity (Wildman–Crippen MR) is 55.9 cm³/mol. The van der Waals surface area contributed by atoms with Crippen LogP contribution in [0, 0.1) is 0 Å². The third-order valence-corrected chi connectivity index (χ3v) is 2.91. The molecule has 0 bridgehead atoms. The summed E-state index contributed by atoms with van der Waals surface area (Å²) >= 11 is 0. The second kappa shape index (κ2) is 5.70. The first-order chi connectivity index (χ1) is 5.45. The van der Waals surface area contributed by atoms with Crippen molar-refractivity contribution in [2.45, 2.75) is 39.7 Å². The summed E-state index contributed by atoms with van der Waals surface area (Å²) in [4.78, 5) is 0. The van der Waals surface area contributed by atoms with Crippen LogP contribution in [0.3, 0.4) is 0 Å². The smallest absolute Gasteiger partial charge is 0.0246 e. The molecule has 0 fully saturated rings. The van der Waals surface area contributed by atoms with Crippen LogP contribution in [0.2, 0.25) is 0 Å². The lowest BCUT2D eigenvalue weighted by atomic mass is 10.1. The van der Waals surface area contributed by atoms with E-state index in [-0.39, 0.29) is 5.54 Å². The molecule has 0 aromatic carbocycles. The van der Waals surface area contributed by atoms with Crippen molar-refractivity contribution in [2.75, 3.05) is 18.1 Å². The van der Waals surface area contributed by atoms with Gasteiger partial charge in [0.05, 0.1) is 0 Å². The maximum absolute atomic E-state index is 11.0. The summed E-state index contributed by atoms with van der Waals surface area (Å²) in [5.74, 6) is 1.62. The second-order valence-corrected chi connectivity index (χ2v) is 5.83. The Morgan fingerprint density at radius 3 is 2.33 bits per heavy atom. The first-order valence-electron chi connectivity index (χ1n) is 4.55. The Morgan fingerprint density at radius 1 is 1.33 bits per heavy atom. The summed E-state index contributed by atoms with van der Waals surface area (Å²) in [5, 5.41) is 3.37. The molecule has 3 heteroatoms. The van der Waals surface area contributed by atoms with E-state index in [0.717, 1.165) is 24.5 Å². The Balaban J connectivity index is 3.28. The van der Waals surface area contributed by atoms with Crippen LogP contribution in [0.4, 0.5) is 0 Å². The normalized spacial score (nSPS) is 14.7. The lowest BCUT2D eigenvalue weighted by Crippen LogP contribution is -2.36. The molecule has 0 heterocycles. The average Bonchev–Trinajstić information content (AvgIpc) is 1.96. The van der Waals surface area contributed by atoms with E-state index in [1.807, 2.05) is 6.92 Å². The quantitative estimate of drug-likeness (QED) is 0.668. The Labute approximate surface area is 78.6 Å². The fourth-order valence-electron chi connectivity index (χ4n) is 0.841. The van der Waals surface area contributed by atoms with E-state index in [4.69, 9.17) is 0 Å². The summed E-state index contributed by atoms with van der Waals surface area (Å²) in [6.07, 6.45) is 1.01. The van der Waals surface area contributed by atoms with E-state index in [9.17, 15) is 4.21 Å². The number of hydrogen-bond acceptors (Lipinski definition) is 2. The standard InChI is InChI=1S/C9H21NOS/c1-5-12(11)8-6-7-10-9(2,3)4/h10H,5-8H2,1-4H3. The van der Waals surface area contributed by atoms with Crippen LogP contribution in [0.5, 0.6) is 0 Å². The van der Waals surface area contributed by atoms with E-state index in [1.54, 1.807) is 0 Å². The van der Waals surface area contributed by atoms with Crippen molar-refractivity contribution < 1.29 is 4.21 Å².